The molecule has 7 heteroatoms. The summed E-state index contributed by atoms with van der Waals surface area (Å²) in [6.45, 7) is 6.97. The molecular weight excluding hydrogens is 346 g/mol. The van der Waals surface area contributed by atoms with Gasteiger partial charge in [0.25, 0.3) is 5.91 Å². The van der Waals surface area contributed by atoms with Gasteiger partial charge in [0.1, 0.15) is 5.00 Å². The molecule has 0 saturated carbocycles. The first-order chi connectivity index (χ1) is 12.6. The lowest BCUT2D eigenvalue weighted by Gasteiger charge is -2.34. The van der Waals surface area contributed by atoms with Crippen molar-refractivity contribution in [1.29, 1.82) is 0 Å². The number of rotatable bonds is 3. The molecule has 6 nitrogen and oxygen atoms in total. The maximum Gasteiger partial charge on any atom is 0.257 e. The van der Waals surface area contributed by atoms with E-state index in [0.29, 0.717) is 13.1 Å². The lowest BCUT2D eigenvalue weighted by molar-refractivity contribution is 0.0746. The van der Waals surface area contributed by atoms with E-state index in [1.165, 1.54) is 4.88 Å². The molecule has 1 fully saturated rings. The highest BCUT2D eigenvalue weighted by Gasteiger charge is 2.28. The average Bonchev–Trinajstić information content (AvgIpc) is 3.31. The fourth-order valence-corrected chi connectivity index (χ4v) is 4.35. The van der Waals surface area contributed by atoms with Gasteiger partial charge in [0.05, 0.1) is 5.56 Å². The maximum atomic E-state index is 13.3. The second-order valence-electron chi connectivity index (χ2n) is 6.38. The summed E-state index contributed by atoms with van der Waals surface area (Å²) < 4.78 is 2.03. The zero-order chi connectivity index (χ0) is 18.1. The Labute approximate surface area is 156 Å². The van der Waals surface area contributed by atoms with Crippen molar-refractivity contribution >= 4 is 23.2 Å². The first kappa shape index (κ1) is 16.8. The van der Waals surface area contributed by atoms with Crippen molar-refractivity contribution in [3.05, 3.63) is 59.0 Å². The van der Waals surface area contributed by atoms with E-state index in [2.05, 4.69) is 21.8 Å². The molecule has 0 aliphatic carbocycles. The van der Waals surface area contributed by atoms with Gasteiger partial charge in [0.2, 0.25) is 5.95 Å². The molecule has 1 saturated heterocycles. The van der Waals surface area contributed by atoms with Crippen LogP contribution in [0.4, 0.5) is 5.95 Å². The molecule has 4 heterocycles. The number of carbonyl (C=O) groups excluding carboxylic acids is 1. The van der Waals surface area contributed by atoms with Crippen LogP contribution in [0.1, 0.15) is 20.8 Å². The predicted octanol–water partition coefficient (Wildman–Crippen LogP) is 2.91. The van der Waals surface area contributed by atoms with Crippen LogP contribution in [-0.4, -0.2) is 51.5 Å². The number of piperazine rings is 1. The van der Waals surface area contributed by atoms with Gasteiger partial charge in [-0.25, -0.2) is 9.97 Å². The Morgan fingerprint density at radius 1 is 1.00 bits per heavy atom. The maximum absolute atomic E-state index is 13.3. The molecule has 3 aromatic rings. The molecule has 0 unspecified atom stereocenters. The molecule has 1 aliphatic heterocycles. The smallest absolute Gasteiger partial charge is 0.257 e. The number of carbonyl (C=O) groups is 1. The van der Waals surface area contributed by atoms with Gasteiger partial charge in [-0.15, -0.1) is 11.3 Å². The lowest BCUT2D eigenvalue weighted by Crippen LogP contribution is -2.49. The Balaban J connectivity index is 1.55. The van der Waals surface area contributed by atoms with Gasteiger partial charge in [0.15, 0.2) is 0 Å². The largest absolute Gasteiger partial charge is 0.337 e. The van der Waals surface area contributed by atoms with Crippen LogP contribution in [0.25, 0.3) is 5.00 Å². The average molecular weight is 367 g/mol. The van der Waals surface area contributed by atoms with Crippen molar-refractivity contribution < 1.29 is 4.79 Å². The molecule has 0 spiro atoms. The summed E-state index contributed by atoms with van der Waals surface area (Å²) in [5.41, 5.74) is 1.91. The Hall–Kier alpha value is -2.67. The first-order valence-corrected chi connectivity index (χ1v) is 9.51. The van der Waals surface area contributed by atoms with Gasteiger partial charge < -0.3 is 14.4 Å². The highest BCUT2D eigenvalue weighted by molar-refractivity contribution is 7.15. The molecule has 26 heavy (non-hydrogen) atoms. The van der Waals surface area contributed by atoms with E-state index in [-0.39, 0.29) is 5.91 Å². The highest BCUT2D eigenvalue weighted by Crippen LogP contribution is 2.32. The minimum atomic E-state index is 0.115. The van der Waals surface area contributed by atoms with Crippen molar-refractivity contribution in [1.82, 2.24) is 19.4 Å². The molecule has 4 rings (SSSR count). The summed E-state index contributed by atoms with van der Waals surface area (Å²) in [6, 6.07) is 5.78. The molecule has 1 aliphatic rings. The minimum Gasteiger partial charge on any atom is -0.337 e. The zero-order valence-corrected chi connectivity index (χ0v) is 15.7. The van der Waals surface area contributed by atoms with Crippen molar-refractivity contribution in [2.45, 2.75) is 13.8 Å². The van der Waals surface area contributed by atoms with E-state index in [1.807, 2.05) is 47.0 Å². The lowest BCUT2D eigenvalue weighted by atomic mass is 10.1. The van der Waals surface area contributed by atoms with Crippen LogP contribution < -0.4 is 4.90 Å². The Morgan fingerprint density at radius 2 is 1.65 bits per heavy atom. The van der Waals surface area contributed by atoms with E-state index < -0.39 is 0 Å². The van der Waals surface area contributed by atoms with Gasteiger partial charge >= 0.3 is 0 Å². The van der Waals surface area contributed by atoms with Crippen LogP contribution in [0.2, 0.25) is 0 Å². The quantitative estimate of drug-likeness (QED) is 0.714. The molecule has 0 N–H and O–H groups in total. The van der Waals surface area contributed by atoms with Crippen LogP contribution in [-0.2, 0) is 0 Å². The molecule has 0 radical (unpaired) electrons. The van der Waals surface area contributed by atoms with Crippen LogP contribution in [0.3, 0.4) is 0 Å². The predicted molar refractivity (Wildman–Crippen MR) is 103 cm³/mol. The number of anilines is 1. The standard InChI is InChI=1S/C19H21N5OS/c1-14-15(2)26-18(23-8-3-4-9-23)16(14)17(25)22-10-12-24(13-11-22)19-20-6-5-7-21-19/h3-9H,10-13H2,1-2H3. The Kier molecular flexibility index (Phi) is 4.46. The van der Waals surface area contributed by atoms with Crippen molar-refractivity contribution in [2.24, 2.45) is 0 Å². The number of aromatic nitrogens is 3. The molecular formula is C19H21N5OS. The fourth-order valence-electron chi connectivity index (χ4n) is 3.23. The van der Waals surface area contributed by atoms with Gasteiger partial charge in [-0.2, -0.15) is 0 Å². The molecule has 134 valence electrons. The number of hydrogen-bond acceptors (Lipinski definition) is 5. The molecule has 0 bridgehead atoms. The van der Waals surface area contributed by atoms with E-state index in [0.717, 1.165) is 35.2 Å². The zero-order valence-electron chi connectivity index (χ0n) is 14.9. The summed E-state index contributed by atoms with van der Waals surface area (Å²) in [5.74, 6) is 0.847. The van der Waals surface area contributed by atoms with Crippen LogP contribution in [0, 0.1) is 13.8 Å². The number of aryl methyl sites for hydroxylation is 1. The van der Waals surface area contributed by atoms with Crippen molar-refractivity contribution in [3.8, 4) is 5.00 Å². The summed E-state index contributed by atoms with van der Waals surface area (Å²) in [6.07, 6.45) is 7.49. The van der Waals surface area contributed by atoms with E-state index >= 15 is 0 Å². The van der Waals surface area contributed by atoms with Gasteiger partial charge in [0, 0.05) is 55.8 Å². The summed E-state index contributed by atoms with van der Waals surface area (Å²) in [4.78, 5) is 27.1. The second kappa shape index (κ2) is 6.92. The number of amides is 1. The van der Waals surface area contributed by atoms with Crippen molar-refractivity contribution in [3.63, 3.8) is 0 Å². The molecule has 0 atom stereocenters. The van der Waals surface area contributed by atoms with E-state index in [4.69, 9.17) is 0 Å². The highest BCUT2D eigenvalue weighted by atomic mass is 32.1. The molecule has 0 aromatic carbocycles. The molecule has 3 aromatic heterocycles. The van der Waals surface area contributed by atoms with Crippen LogP contribution in [0.15, 0.2) is 43.0 Å². The van der Waals surface area contributed by atoms with Crippen LogP contribution >= 0.6 is 11.3 Å². The van der Waals surface area contributed by atoms with E-state index in [9.17, 15) is 4.79 Å². The number of thiophene rings is 1. The normalized spacial score (nSPS) is 14.7. The third kappa shape index (κ3) is 2.99. The monoisotopic (exact) mass is 367 g/mol. The molecule has 1 amide bonds. The number of nitrogens with zero attached hydrogens (tertiary/aromatic N) is 5. The summed E-state index contributed by atoms with van der Waals surface area (Å²) in [5, 5.41) is 1.00. The third-order valence-corrected chi connectivity index (χ3v) is 6.04. The van der Waals surface area contributed by atoms with Crippen molar-refractivity contribution in [2.75, 3.05) is 31.1 Å². The Morgan fingerprint density at radius 3 is 2.31 bits per heavy atom. The fraction of sp³-hybridized carbons (Fsp3) is 0.316. The third-order valence-electron chi connectivity index (χ3n) is 4.82. The topological polar surface area (TPSA) is 54.3 Å². The minimum absolute atomic E-state index is 0.115. The van der Waals surface area contributed by atoms with Gasteiger partial charge in [-0.1, -0.05) is 0 Å². The van der Waals surface area contributed by atoms with E-state index in [1.54, 1.807) is 23.7 Å². The van der Waals surface area contributed by atoms with Crippen LogP contribution in [0.5, 0.6) is 0 Å². The Bertz CT molecular complexity index is 896. The SMILES string of the molecule is Cc1sc(-n2cccc2)c(C(=O)N2CCN(c3ncccn3)CC2)c1C. The second-order valence-corrected chi connectivity index (χ2v) is 7.58. The first-order valence-electron chi connectivity index (χ1n) is 8.69. The number of hydrogen-bond donors (Lipinski definition) is 0. The summed E-state index contributed by atoms with van der Waals surface area (Å²) in [7, 11) is 0. The van der Waals surface area contributed by atoms with Gasteiger partial charge in [-0.05, 0) is 37.6 Å². The van der Waals surface area contributed by atoms with Gasteiger partial charge in [-0.3, -0.25) is 4.79 Å². The summed E-state index contributed by atoms with van der Waals surface area (Å²) >= 11 is 1.67.